The molecule has 3 heteroatoms. The summed E-state index contributed by atoms with van der Waals surface area (Å²) in [6, 6.07) is 5.80. The van der Waals surface area contributed by atoms with Gasteiger partial charge in [-0.15, -0.1) is 11.6 Å². The van der Waals surface area contributed by atoms with Crippen LogP contribution in [-0.2, 0) is 6.42 Å². The van der Waals surface area contributed by atoms with E-state index in [1.165, 1.54) is 0 Å². The molecule has 72 valence electrons. The number of methoxy groups -OCH3 is 2. The Morgan fingerprint density at radius 1 is 1.23 bits per heavy atom. The van der Waals surface area contributed by atoms with Gasteiger partial charge in [-0.2, -0.15) is 0 Å². The minimum atomic E-state index is 0.587. The fourth-order valence-electron chi connectivity index (χ4n) is 1.25. The van der Waals surface area contributed by atoms with Gasteiger partial charge in [0, 0.05) is 5.88 Å². The first-order valence-corrected chi connectivity index (χ1v) is 4.62. The van der Waals surface area contributed by atoms with Gasteiger partial charge in [-0.05, 0) is 18.1 Å². The van der Waals surface area contributed by atoms with E-state index in [4.69, 9.17) is 21.1 Å². The predicted octanol–water partition coefficient (Wildman–Crippen LogP) is 2.49. The fraction of sp³-hybridized carbons (Fsp3) is 0.400. The van der Waals surface area contributed by atoms with Crippen LogP contribution in [-0.4, -0.2) is 20.1 Å². The van der Waals surface area contributed by atoms with Crippen molar-refractivity contribution in [2.75, 3.05) is 20.1 Å². The molecule has 0 aliphatic carbocycles. The maximum atomic E-state index is 5.66. The molecule has 0 unspecified atom stereocenters. The zero-order chi connectivity index (χ0) is 9.68. The number of aryl methyl sites for hydroxylation is 1. The highest BCUT2D eigenvalue weighted by atomic mass is 35.5. The largest absolute Gasteiger partial charge is 0.493 e. The molecule has 2 nitrogen and oxygen atoms in total. The third-order valence-corrected chi connectivity index (χ3v) is 2.04. The van der Waals surface area contributed by atoms with E-state index in [0.717, 1.165) is 23.5 Å². The molecule has 13 heavy (non-hydrogen) atoms. The van der Waals surface area contributed by atoms with Crippen molar-refractivity contribution in [2.45, 2.75) is 6.42 Å². The molecule has 0 N–H and O–H groups in total. The highest BCUT2D eigenvalue weighted by molar-refractivity contribution is 6.18. The lowest BCUT2D eigenvalue weighted by molar-refractivity contribution is 0.352. The molecule has 0 saturated heterocycles. The monoisotopic (exact) mass is 200 g/mol. The highest BCUT2D eigenvalue weighted by Crippen LogP contribution is 2.30. The van der Waals surface area contributed by atoms with Gasteiger partial charge in [0.05, 0.1) is 14.2 Å². The van der Waals surface area contributed by atoms with Crippen LogP contribution in [0.15, 0.2) is 18.2 Å². The van der Waals surface area contributed by atoms with Gasteiger partial charge in [0.15, 0.2) is 11.5 Å². The molecular formula is C10H13ClO2. The molecule has 0 fully saturated rings. The van der Waals surface area contributed by atoms with Crippen molar-refractivity contribution < 1.29 is 9.47 Å². The summed E-state index contributed by atoms with van der Waals surface area (Å²) in [5.74, 6) is 2.12. The maximum Gasteiger partial charge on any atom is 0.163 e. The van der Waals surface area contributed by atoms with E-state index in [9.17, 15) is 0 Å². The van der Waals surface area contributed by atoms with E-state index < -0.39 is 0 Å². The van der Waals surface area contributed by atoms with Gasteiger partial charge in [-0.1, -0.05) is 12.1 Å². The quantitative estimate of drug-likeness (QED) is 0.696. The van der Waals surface area contributed by atoms with Crippen molar-refractivity contribution in [3.63, 3.8) is 0 Å². The zero-order valence-electron chi connectivity index (χ0n) is 7.84. The number of halogens is 1. The molecule has 0 aromatic heterocycles. The van der Waals surface area contributed by atoms with Crippen LogP contribution < -0.4 is 9.47 Å². The SMILES string of the molecule is COc1cccc(CCCl)c1OC. The molecule has 1 rings (SSSR count). The lowest BCUT2D eigenvalue weighted by Gasteiger charge is -2.11. The molecule has 0 aliphatic rings. The Hall–Kier alpha value is -0.890. The molecule has 0 spiro atoms. The van der Waals surface area contributed by atoms with E-state index in [-0.39, 0.29) is 0 Å². The molecule has 0 atom stereocenters. The number of rotatable bonds is 4. The minimum Gasteiger partial charge on any atom is -0.493 e. The number of hydrogen-bond donors (Lipinski definition) is 0. The molecule has 0 bridgehead atoms. The average Bonchev–Trinajstić information content (AvgIpc) is 2.18. The summed E-state index contributed by atoms with van der Waals surface area (Å²) in [4.78, 5) is 0. The summed E-state index contributed by atoms with van der Waals surface area (Å²) in [7, 11) is 3.26. The minimum absolute atomic E-state index is 0.587. The highest BCUT2D eigenvalue weighted by Gasteiger charge is 2.07. The zero-order valence-corrected chi connectivity index (χ0v) is 8.60. The van der Waals surface area contributed by atoms with Crippen molar-refractivity contribution >= 4 is 11.6 Å². The van der Waals surface area contributed by atoms with Gasteiger partial charge in [0.25, 0.3) is 0 Å². The van der Waals surface area contributed by atoms with Gasteiger partial charge in [-0.3, -0.25) is 0 Å². The van der Waals surface area contributed by atoms with Crippen LogP contribution in [0.5, 0.6) is 11.5 Å². The van der Waals surface area contributed by atoms with Crippen LogP contribution in [0.4, 0.5) is 0 Å². The Labute approximate surface area is 83.4 Å². The molecule has 0 amide bonds. The first-order chi connectivity index (χ1) is 6.33. The van der Waals surface area contributed by atoms with E-state index in [1.807, 2.05) is 18.2 Å². The number of alkyl halides is 1. The number of ether oxygens (including phenoxy) is 2. The summed E-state index contributed by atoms with van der Waals surface area (Å²) in [6.07, 6.45) is 0.794. The third kappa shape index (κ3) is 2.28. The van der Waals surface area contributed by atoms with Crippen molar-refractivity contribution in [3.8, 4) is 11.5 Å². The Morgan fingerprint density at radius 3 is 2.54 bits per heavy atom. The van der Waals surface area contributed by atoms with E-state index in [0.29, 0.717) is 5.88 Å². The van der Waals surface area contributed by atoms with Gasteiger partial charge >= 0.3 is 0 Å². The second kappa shape index (κ2) is 4.97. The Balaban J connectivity index is 3.03. The molecule has 0 heterocycles. The van der Waals surface area contributed by atoms with E-state index in [1.54, 1.807) is 14.2 Å². The molecule has 0 aliphatic heterocycles. The normalized spacial score (nSPS) is 9.77. The van der Waals surface area contributed by atoms with Crippen molar-refractivity contribution in [3.05, 3.63) is 23.8 Å². The lowest BCUT2D eigenvalue weighted by atomic mass is 10.1. The summed E-state index contributed by atoms with van der Waals surface area (Å²) < 4.78 is 10.4. The predicted molar refractivity (Wildman–Crippen MR) is 54.0 cm³/mol. The third-order valence-electron chi connectivity index (χ3n) is 1.85. The average molecular weight is 201 g/mol. The first kappa shape index (κ1) is 10.2. The van der Waals surface area contributed by atoms with Gasteiger partial charge in [-0.25, -0.2) is 0 Å². The Morgan fingerprint density at radius 2 is 2.00 bits per heavy atom. The number of hydrogen-bond acceptors (Lipinski definition) is 2. The van der Waals surface area contributed by atoms with Gasteiger partial charge in [0.2, 0.25) is 0 Å². The molecule has 1 aromatic rings. The van der Waals surface area contributed by atoms with Crippen LogP contribution in [0.1, 0.15) is 5.56 Å². The van der Waals surface area contributed by atoms with Crippen molar-refractivity contribution in [1.82, 2.24) is 0 Å². The number of para-hydroxylation sites is 1. The molecule has 0 saturated carbocycles. The van der Waals surface area contributed by atoms with Crippen molar-refractivity contribution in [2.24, 2.45) is 0 Å². The smallest absolute Gasteiger partial charge is 0.163 e. The van der Waals surface area contributed by atoms with Crippen LogP contribution in [0.25, 0.3) is 0 Å². The second-order valence-corrected chi connectivity index (χ2v) is 2.97. The molecule has 0 radical (unpaired) electrons. The fourth-order valence-corrected chi connectivity index (χ4v) is 1.46. The summed E-state index contributed by atoms with van der Waals surface area (Å²) in [5, 5.41) is 0. The van der Waals surface area contributed by atoms with Crippen LogP contribution in [0.2, 0.25) is 0 Å². The second-order valence-electron chi connectivity index (χ2n) is 2.59. The molecular weight excluding hydrogens is 188 g/mol. The topological polar surface area (TPSA) is 18.5 Å². The summed E-state index contributed by atoms with van der Waals surface area (Å²) in [6.45, 7) is 0. The molecule has 1 aromatic carbocycles. The van der Waals surface area contributed by atoms with Gasteiger partial charge in [0.1, 0.15) is 0 Å². The standard InChI is InChI=1S/C10H13ClO2/c1-12-9-5-3-4-8(6-7-11)10(9)13-2/h3-5H,6-7H2,1-2H3. The Bertz CT molecular complexity index is 274. The van der Waals surface area contributed by atoms with Crippen molar-refractivity contribution in [1.29, 1.82) is 0 Å². The Kier molecular flexibility index (Phi) is 3.90. The van der Waals surface area contributed by atoms with Gasteiger partial charge < -0.3 is 9.47 Å². The van der Waals surface area contributed by atoms with Crippen LogP contribution in [0.3, 0.4) is 0 Å². The lowest BCUT2D eigenvalue weighted by Crippen LogP contribution is -1.96. The van der Waals surface area contributed by atoms with Crippen LogP contribution in [0, 0.1) is 0 Å². The van der Waals surface area contributed by atoms with Crippen LogP contribution >= 0.6 is 11.6 Å². The first-order valence-electron chi connectivity index (χ1n) is 4.09. The maximum absolute atomic E-state index is 5.66. The van der Waals surface area contributed by atoms with E-state index >= 15 is 0 Å². The summed E-state index contributed by atoms with van der Waals surface area (Å²) >= 11 is 5.66. The number of benzene rings is 1. The van der Waals surface area contributed by atoms with E-state index in [2.05, 4.69) is 0 Å². The summed E-state index contributed by atoms with van der Waals surface area (Å²) in [5.41, 5.74) is 1.08.